The molecule has 1 fully saturated rings. The number of rotatable bonds is 5. The SMILES string of the molecule is CNC(=O)C(CC(C)C)NC(=O)C1CCCC1O. The molecule has 3 atom stereocenters. The van der Waals surface area contributed by atoms with E-state index in [1.54, 1.807) is 7.05 Å². The number of carbonyl (C=O) groups is 2. The molecule has 104 valence electrons. The van der Waals surface area contributed by atoms with Crippen LogP contribution in [0.4, 0.5) is 0 Å². The number of likely N-dealkylation sites (N-methyl/N-ethyl adjacent to an activating group) is 1. The molecule has 3 N–H and O–H groups in total. The highest BCUT2D eigenvalue weighted by atomic mass is 16.3. The number of aliphatic hydroxyl groups is 1. The van der Waals surface area contributed by atoms with Crippen LogP contribution >= 0.6 is 0 Å². The van der Waals surface area contributed by atoms with Gasteiger partial charge in [-0.1, -0.05) is 13.8 Å². The van der Waals surface area contributed by atoms with Gasteiger partial charge in [-0.05, 0) is 31.6 Å². The summed E-state index contributed by atoms with van der Waals surface area (Å²) in [5.74, 6) is -0.413. The Morgan fingerprint density at radius 1 is 1.33 bits per heavy atom. The van der Waals surface area contributed by atoms with E-state index in [0.717, 1.165) is 6.42 Å². The Bertz CT molecular complexity index is 305. The minimum Gasteiger partial charge on any atom is -0.392 e. The number of aliphatic hydroxyl groups excluding tert-OH is 1. The predicted molar refractivity (Wildman–Crippen MR) is 68.8 cm³/mol. The molecule has 1 saturated carbocycles. The van der Waals surface area contributed by atoms with Gasteiger partial charge in [0.25, 0.3) is 0 Å². The van der Waals surface area contributed by atoms with E-state index in [1.807, 2.05) is 13.8 Å². The van der Waals surface area contributed by atoms with Crippen molar-refractivity contribution in [1.82, 2.24) is 10.6 Å². The Hall–Kier alpha value is -1.10. The van der Waals surface area contributed by atoms with Crippen molar-refractivity contribution in [2.45, 2.75) is 51.7 Å². The molecule has 1 aliphatic carbocycles. The lowest BCUT2D eigenvalue weighted by atomic mass is 10.0. The van der Waals surface area contributed by atoms with Crippen LogP contribution in [0.3, 0.4) is 0 Å². The molecule has 5 nitrogen and oxygen atoms in total. The summed E-state index contributed by atoms with van der Waals surface area (Å²) in [4.78, 5) is 23.7. The summed E-state index contributed by atoms with van der Waals surface area (Å²) in [5.41, 5.74) is 0. The maximum Gasteiger partial charge on any atom is 0.242 e. The Balaban J connectivity index is 2.59. The van der Waals surface area contributed by atoms with E-state index in [-0.39, 0.29) is 17.7 Å². The van der Waals surface area contributed by atoms with Gasteiger partial charge >= 0.3 is 0 Å². The normalized spacial score (nSPS) is 24.9. The summed E-state index contributed by atoms with van der Waals surface area (Å²) < 4.78 is 0. The van der Waals surface area contributed by atoms with Crippen LogP contribution in [0.2, 0.25) is 0 Å². The van der Waals surface area contributed by atoms with E-state index in [9.17, 15) is 14.7 Å². The van der Waals surface area contributed by atoms with Gasteiger partial charge in [0.2, 0.25) is 11.8 Å². The highest BCUT2D eigenvalue weighted by Gasteiger charge is 2.33. The van der Waals surface area contributed by atoms with Gasteiger partial charge in [0.15, 0.2) is 0 Å². The van der Waals surface area contributed by atoms with Crippen molar-refractivity contribution in [3.05, 3.63) is 0 Å². The highest BCUT2D eigenvalue weighted by Crippen LogP contribution is 2.25. The third kappa shape index (κ3) is 3.98. The van der Waals surface area contributed by atoms with Gasteiger partial charge in [0, 0.05) is 7.05 Å². The van der Waals surface area contributed by atoms with E-state index in [0.29, 0.717) is 25.2 Å². The van der Waals surface area contributed by atoms with Crippen molar-refractivity contribution in [3.8, 4) is 0 Å². The third-order valence-corrected chi connectivity index (χ3v) is 3.40. The van der Waals surface area contributed by atoms with Crippen molar-refractivity contribution >= 4 is 11.8 Å². The van der Waals surface area contributed by atoms with Gasteiger partial charge in [-0.2, -0.15) is 0 Å². The van der Waals surface area contributed by atoms with Crippen molar-refractivity contribution in [2.24, 2.45) is 11.8 Å². The first-order valence-electron chi connectivity index (χ1n) is 6.65. The zero-order chi connectivity index (χ0) is 13.7. The van der Waals surface area contributed by atoms with E-state index >= 15 is 0 Å². The molecule has 0 heterocycles. The fourth-order valence-electron chi connectivity index (χ4n) is 2.40. The molecule has 1 rings (SSSR count). The van der Waals surface area contributed by atoms with E-state index in [4.69, 9.17) is 0 Å². The summed E-state index contributed by atoms with van der Waals surface area (Å²) in [6.45, 7) is 4.01. The van der Waals surface area contributed by atoms with Gasteiger partial charge in [-0.3, -0.25) is 9.59 Å². The summed E-state index contributed by atoms with van der Waals surface area (Å²) >= 11 is 0. The Morgan fingerprint density at radius 2 is 2.00 bits per heavy atom. The van der Waals surface area contributed by atoms with E-state index in [2.05, 4.69) is 10.6 Å². The van der Waals surface area contributed by atoms with E-state index < -0.39 is 12.1 Å². The first-order chi connectivity index (χ1) is 8.45. The van der Waals surface area contributed by atoms with Crippen molar-refractivity contribution in [2.75, 3.05) is 7.05 Å². The zero-order valence-electron chi connectivity index (χ0n) is 11.4. The second-order valence-electron chi connectivity index (χ2n) is 5.41. The number of hydrogen-bond donors (Lipinski definition) is 3. The average Bonchev–Trinajstić information content (AvgIpc) is 2.73. The van der Waals surface area contributed by atoms with Crippen LogP contribution in [0.15, 0.2) is 0 Å². The van der Waals surface area contributed by atoms with Crippen molar-refractivity contribution in [1.29, 1.82) is 0 Å². The Morgan fingerprint density at radius 3 is 2.44 bits per heavy atom. The first kappa shape index (κ1) is 15.0. The second kappa shape index (κ2) is 6.73. The summed E-state index contributed by atoms with van der Waals surface area (Å²) in [6, 6.07) is -0.504. The smallest absolute Gasteiger partial charge is 0.242 e. The molecule has 0 radical (unpaired) electrons. The Kier molecular flexibility index (Phi) is 5.59. The molecule has 1 aliphatic rings. The predicted octanol–water partition coefficient (Wildman–Crippen LogP) is 0.424. The lowest BCUT2D eigenvalue weighted by molar-refractivity contribution is -0.133. The van der Waals surface area contributed by atoms with Gasteiger partial charge < -0.3 is 15.7 Å². The second-order valence-corrected chi connectivity index (χ2v) is 5.41. The molecule has 0 aliphatic heterocycles. The first-order valence-corrected chi connectivity index (χ1v) is 6.65. The minimum atomic E-state index is -0.561. The third-order valence-electron chi connectivity index (χ3n) is 3.40. The zero-order valence-corrected chi connectivity index (χ0v) is 11.4. The van der Waals surface area contributed by atoms with Crippen LogP contribution in [0, 0.1) is 11.8 Å². The van der Waals surface area contributed by atoms with E-state index in [1.165, 1.54) is 0 Å². The summed E-state index contributed by atoms with van der Waals surface area (Å²) in [7, 11) is 1.56. The molecule has 0 spiro atoms. The molecule has 18 heavy (non-hydrogen) atoms. The minimum absolute atomic E-state index is 0.176. The maximum absolute atomic E-state index is 12.0. The lowest BCUT2D eigenvalue weighted by Crippen LogP contribution is -2.49. The fraction of sp³-hybridized carbons (Fsp3) is 0.846. The molecular weight excluding hydrogens is 232 g/mol. The fourth-order valence-corrected chi connectivity index (χ4v) is 2.40. The van der Waals surface area contributed by atoms with Gasteiger partial charge in [0.1, 0.15) is 6.04 Å². The molecule has 3 unspecified atom stereocenters. The van der Waals surface area contributed by atoms with Crippen LogP contribution in [0.25, 0.3) is 0 Å². The standard InChI is InChI=1S/C13H24N2O3/c1-8(2)7-10(13(18)14-3)15-12(17)9-5-4-6-11(9)16/h8-11,16H,4-7H2,1-3H3,(H,14,18)(H,15,17). The van der Waals surface area contributed by atoms with Crippen LogP contribution in [-0.4, -0.2) is 36.1 Å². The van der Waals surface area contributed by atoms with Gasteiger partial charge in [-0.15, -0.1) is 0 Å². The quantitative estimate of drug-likeness (QED) is 0.667. The van der Waals surface area contributed by atoms with Gasteiger partial charge in [0.05, 0.1) is 12.0 Å². The molecule has 0 saturated heterocycles. The Labute approximate surface area is 108 Å². The number of amides is 2. The molecule has 5 heteroatoms. The van der Waals surface area contributed by atoms with Crippen molar-refractivity contribution in [3.63, 3.8) is 0 Å². The maximum atomic E-state index is 12.0. The molecule has 2 amide bonds. The molecule has 0 aromatic carbocycles. The summed E-state index contributed by atoms with van der Waals surface area (Å²) in [6.07, 6.45) is 2.29. The summed E-state index contributed by atoms with van der Waals surface area (Å²) in [5, 5.41) is 15.0. The molecule has 0 bridgehead atoms. The van der Waals surface area contributed by atoms with Gasteiger partial charge in [-0.25, -0.2) is 0 Å². The topological polar surface area (TPSA) is 78.4 Å². The van der Waals surface area contributed by atoms with Crippen molar-refractivity contribution < 1.29 is 14.7 Å². The largest absolute Gasteiger partial charge is 0.392 e. The van der Waals surface area contributed by atoms with Crippen LogP contribution < -0.4 is 10.6 Å². The molecule has 0 aromatic rings. The molecule has 0 aromatic heterocycles. The number of hydrogen-bond acceptors (Lipinski definition) is 3. The highest BCUT2D eigenvalue weighted by molar-refractivity contribution is 5.88. The van der Waals surface area contributed by atoms with Crippen LogP contribution in [-0.2, 0) is 9.59 Å². The lowest BCUT2D eigenvalue weighted by Gasteiger charge is -2.22. The average molecular weight is 256 g/mol. The monoisotopic (exact) mass is 256 g/mol. The molecular formula is C13H24N2O3. The number of nitrogens with one attached hydrogen (secondary N) is 2. The van der Waals surface area contributed by atoms with Crippen LogP contribution in [0.1, 0.15) is 39.5 Å². The van der Waals surface area contributed by atoms with Crippen LogP contribution in [0.5, 0.6) is 0 Å². The number of carbonyl (C=O) groups excluding carboxylic acids is 2.